The number of aromatic nitrogens is 1. The van der Waals surface area contributed by atoms with Crippen LogP contribution in [0.2, 0.25) is 18.1 Å². The number of fused-ring (bicyclic) bond motifs is 2. The van der Waals surface area contributed by atoms with Gasteiger partial charge in [-0.15, -0.1) is 11.3 Å². The molecule has 0 saturated heterocycles. The van der Waals surface area contributed by atoms with E-state index in [9.17, 15) is 19.1 Å². The lowest BCUT2D eigenvalue weighted by atomic mass is 9.96. The third kappa shape index (κ3) is 5.07. The van der Waals surface area contributed by atoms with Gasteiger partial charge in [-0.05, 0) is 67.2 Å². The van der Waals surface area contributed by atoms with Gasteiger partial charge in [0.05, 0.1) is 29.9 Å². The van der Waals surface area contributed by atoms with Crippen molar-refractivity contribution in [1.82, 2.24) is 4.57 Å². The Morgan fingerprint density at radius 3 is 2.45 bits per heavy atom. The number of ether oxygens (including phenoxy) is 1. The molecule has 1 aliphatic carbocycles. The van der Waals surface area contributed by atoms with Crippen LogP contribution in [-0.2, 0) is 10.8 Å². The summed E-state index contributed by atoms with van der Waals surface area (Å²) in [5.41, 5.74) is -0.794. The number of methoxy groups -OCH3 is 1. The number of aromatic carboxylic acids is 1. The van der Waals surface area contributed by atoms with Crippen molar-refractivity contribution in [3.05, 3.63) is 80.2 Å². The Labute approximate surface area is 246 Å². The number of hydrogen-bond donors (Lipinski definition) is 1. The minimum Gasteiger partial charge on any atom is -0.494 e. The molecule has 11 heteroatoms. The number of pyridine rings is 1. The Hall–Kier alpha value is -3.41. The highest BCUT2D eigenvalue weighted by atomic mass is 32.1. The zero-order valence-corrected chi connectivity index (χ0v) is 26.0. The van der Waals surface area contributed by atoms with Crippen LogP contribution < -0.4 is 10.2 Å². The molecule has 1 unspecified atom stereocenters. The van der Waals surface area contributed by atoms with Crippen LogP contribution in [0.3, 0.4) is 0 Å². The van der Waals surface area contributed by atoms with Gasteiger partial charge in [0, 0.05) is 22.0 Å². The number of carbonyl (C=O) groups is 1. The molecular weight excluding hydrogens is 583 g/mol. The molecule has 6 nitrogen and oxygen atoms in total. The van der Waals surface area contributed by atoms with E-state index in [0.29, 0.717) is 10.9 Å². The number of thiophene rings is 1. The van der Waals surface area contributed by atoms with Gasteiger partial charge in [-0.1, -0.05) is 20.8 Å². The smallest absolute Gasteiger partial charge is 0.341 e. The second kappa shape index (κ2) is 10.7. The number of carboxylic acid groups (broad SMARTS) is 1. The molecule has 4 aromatic rings. The summed E-state index contributed by atoms with van der Waals surface area (Å²) in [4.78, 5) is 26.7. The largest absolute Gasteiger partial charge is 0.494 e. The molecule has 1 atom stereocenters. The van der Waals surface area contributed by atoms with Gasteiger partial charge in [0.25, 0.3) is 0 Å². The maximum absolute atomic E-state index is 16.0. The molecule has 2 aromatic carbocycles. The lowest BCUT2D eigenvalue weighted by Gasteiger charge is -2.40. The van der Waals surface area contributed by atoms with Crippen LogP contribution in [0.5, 0.6) is 5.75 Å². The van der Waals surface area contributed by atoms with Crippen molar-refractivity contribution in [2.45, 2.75) is 64.3 Å². The van der Waals surface area contributed by atoms with E-state index in [1.807, 2.05) is 6.07 Å². The quantitative estimate of drug-likeness (QED) is 0.221. The Balaban J connectivity index is 1.77. The number of nitrogens with zero attached hydrogens (tertiary/aromatic N) is 1. The maximum Gasteiger partial charge on any atom is 0.341 e. The highest BCUT2D eigenvalue weighted by Gasteiger charge is 2.41. The third-order valence-electron chi connectivity index (χ3n) is 8.34. The van der Waals surface area contributed by atoms with Gasteiger partial charge in [0.1, 0.15) is 28.5 Å². The number of halogens is 3. The summed E-state index contributed by atoms with van der Waals surface area (Å²) in [5.74, 6) is -4.26. The lowest BCUT2D eigenvalue weighted by molar-refractivity contribution is 0.0695. The van der Waals surface area contributed by atoms with Crippen LogP contribution in [0, 0.1) is 17.5 Å². The minimum atomic E-state index is -2.11. The molecule has 42 heavy (non-hydrogen) atoms. The second-order valence-electron chi connectivity index (χ2n) is 12.1. The summed E-state index contributed by atoms with van der Waals surface area (Å²) in [6, 6.07) is 5.64. The first kappa shape index (κ1) is 30.1. The average molecular weight is 616 g/mol. The number of carboxylic acids is 1. The molecule has 0 aliphatic heterocycles. The fourth-order valence-corrected chi connectivity index (χ4v) is 7.87. The fraction of sp³-hybridized carbons (Fsp3) is 0.355. The van der Waals surface area contributed by atoms with Crippen LogP contribution >= 0.6 is 11.3 Å². The fourth-order valence-electron chi connectivity index (χ4n) is 5.16. The molecular formula is C31H32F3NO5SSi. The summed E-state index contributed by atoms with van der Waals surface area (Å²) < 4.78 is 58.4. The summed E-state index contributed by atoms with van der Waals surface area (Å²) in [5, 5.41) is 9.39. The Bertz CT molecular complexity index is 1790. The number of benzene rings is 2. The summed E-state index contributed by atoms with van der Waals surface area (Å²) in [6.07, 6.45) is 3.39. The molecule has 2 aromatic heterocycles. The molecule has 0 radical (unpaired) electrons. The Morgan fingerprint density at radius 1 is 1.12 bits per heavy atom. The van der Waals surface area contributed by atoms with Crippen molar-refractivity contribution in [2.24, 2.45) is 0 Å². The van der Waals surface area contributed by atoms with Crippen LogP contribution in [0.4, 0.5) is 13.2 Å². The third-order valence-corrected chi connectivity index (χ3v) is 14.1. The molecule has 1 aliphatic rings. The van der Waals surface area contributed by atoms with Gasteiger partial charge < -0.3 is 18.8 Å². The highest BCUT2D eigenvalue weighted by molar-refractivity contribution is 7.15. The van der Waals surface area contributed by atoms with Crippen LogP contribution in [0.1, 0.15) is 60.5 Å². The number of hydrogen-bond acceptors (Lipinski definition) is 5. The summed E-state index contributed by atoms with van der Waals surface area (Å²) in [6.45, 7) is 10.9. The summed E-state index contributed by atoms with van der Waals surface area (Å²) >= 11 is 1.39. The van der Waals surface area contributed by atoms with Crippen LogP contribution in [0.15, 0.2) is 41.3 Å². The van der Waals surface area contributed by atoms with Gasteiger partial charge in [-0.25, -0.2) is 18.0 Å². The zero-order chi connectivity index (χ0) is 30.7. The van der Waals surface area contributed by atoms with Crippen LogP contribution in [-0.4, -0.2) is 31.1 Å². The average Bonchev–Trinajstić information content (AvgIpc) is 3.32. The minimum absolute atomic E-state index is 0.00642. The van der Waals surface area contributed by atoms with Crippen molar-refractivity contribution in [3.8, 4) is 21.9 Å². The van der Waals surface area contributed by atoms with E-state index in [-0.39, 0.29) is 39.0 Å². The first-order valence-electron chi connectivity index (χ1n) is 13.6. The molecule has 5 rings (SSSR count). The van der Waals surface area contributed by atoms with E-state index in [4.69, 9.17) is 9.16 Å². The topological polar surface area (TPSA) is 77.8 Å². The van der Waals surface area contributed by atoms with Gasteiger partial charge in [-0.2, -0.15) is 0 Å². The van der Waals surface area contributed by atoms with E-state index in [1.54, 1.807) is 0 Å². The Kier molecular flexibility index (Phi) is 7.65. The SMILES string of the molecule is COc1c(-c2cc3c(s2)C(O[Si](C)(C)C(C)(C)C)CCC3)c(F)cc2c(=O)c(C(=O)O)cn(-c3ccc(F)cc3F)c12. The predicted octanol–water partition coefficient (Wildman–Crippen LogP) is 8.24. The predicted molar refractivity (Wildman–Crippen MR) is 160 cm³/mol. The zero-order valence-electron chi connectivity index (χ0n) is 24.2. The van der Waals surface area contributed by atoms with Gasteiger partial charge in [0.15, 0.2) is 14.1 Å². The number of aryl methyl sites for hydroxylation is 1. The molecule has 0 amide bonds. The molecule has 0 bridgehead atoms. The molecule has 222 valence electrons. The van der Waals surface area contributed by atoms with E-state index in [0.717, 1.165) is 58.7 Å². The second-order valence-corrected chi connectivity index (χ2v) is 17.9. The van der Waals surface area contributed by atoms with Gasteiger partial charge in [0.2, 0.25) is 5.43 Å². The normalized spacial score (nSPS) is 15.6. The lowest BCUT2D eigenvalue weighted by Crippen LogP contribution is -2.42. The summed E-state index contributed by atoms with van der Waals surface area (Å²) in [7, 11) is -0.810. The molecule has 2 heterocycles. The van der Waals surface area contributed by atoms with E-state index >= 15 is 8.78 Å². The molecule has 0 saturated carbocycles. The van der Waals surface area contributed by atoms with Gasteiger partial charge >= 0.3 is 5.97 Å². The van der Waals surface area contributed by atoms with E-state index in [1.165, 1.54) is 18.4 Å². The molecule has 0 spiro atoms. The van der Waals surface area contributed by atoms with E-state index < -0.39 is 42.7 Å². The van der Waals surface area contributed by atoms with E-state index in [2.05, 4.69) is 33.9 Å². The van der Waals surface area contributed by atoms with Crippen molar-refractivity contribution in [2.75, 3.05) is 7.11 Å². The first-order valence-corrected chi connectivity index (χ1v) is 17.3. The molecule has 0 fully saturated rings. The standard InChI is InChI=1S/C31H32F3NO5SSi/c1-31(2,3)42(5,6)40-23-9-7-8-16-12-24(41-29(16)23)25-21(34)14-18-26(28(25)39-4)35(15-19(27(18)36)30(37)38)22-11-10-17(32)13-20(22)33/h10-15,23H,7-9H2,1-6H3,(H,37,38). The van der Waals surface area contributed by atoms with Crippen molar-refractivity contribution >= 4 is 36.5 Å². The van der Waals surface area contributed by atoms with Crippen molar-refractivity contribution in [1.29, 1.82) is 0 Å². The van der Waals surface area contributed by atoms with Crippen molar-refractivity contribution < 1.29 is 32.2 Å². The van der Waals surface area contributed by atoms with Gasteiger partial charge in [-0.3, -0.25) is 4.79 Å². The first-order chi connectivity index (χ1) is 19.6. The monoisotopic (exact) mass is 615 g/mol. The van der Waals surface area contributed by atoms with Crippen molar-refractivity contribution in [3.63, 3.8) is 0 Å². The molecule has 1 N–H and O–H groups in total. The maximum atomic E-state index is 16.0. The number of rotatable bonds is 6. The van der Waals surface area contributed by atoms with Crippen LogP contribution in [0.25, 0.3) is 27.0 Å². The highest BCUT2D eigenvalue weighted by Crippen LogP contribution is 2.49. The Morgan fingerprint density at radius 2 is 1.83 bits per heavy atom.